The molecular weight excluding hydrogens is 384 g/mol. The molecule has 6 nitrogen and oxygen atoms in total. The summed E-state index contributed by atoms with van der Waals surface area (Å²) in [6, 6.07) is 12.2. The first kappa shape index (κ1) is 17.9. The first-order chi connectivity index (χ1) is 11.9. The molecule has 2 aliphatic rings. The fourth-order valence-corrected chi connectivity index (χ4v) is 4.87. The SMILES string of the molecule is CCOC1(OCC)[NH+]=C(N)[C@@]2(C#N)[C@](C)(c3ccc(Br)cc3)[C@@]12C#N. The van der Waals surface area contributed by atoms with Crippen LogP contribution in [0.15, 0.2) is 28.7 Å². The molecule has 0 radical (unpaired) electrons. The van der Waals surface area contributed by atoms with Crippen molar-refractivity contribution in [2.24, 2.45) is 16.6 Å². The number of fused-ring (bicyclic) bond motifs is 1. The van der Waals surface area contributed by atoms with Crippen molar-refractivity contribution in [3.8, 4) is 12.1 Å². The van der Waals surface area contributed by atoms with E-state index in [0.29, 0.717) is 13.2 Å². The van der Waals surface area contributed by atoms with Crippen LogP contribution in [-0.4, -0.2) is 25.0 Å². The van der Waals surface area contributed by atoms with Crippen LogP contribution in [0.4, 0.5) is 0 Å². The van der Waals surface area contributed by atoms with Crippen molar-refractivity contribution < 1.29 is 14.5 Å². The second kappa shape index (κ2) is 5.54. The first-order valence-corrected chi connectivity index (χ1v) is 8.94. The number of nitrogens with zero attached hydrogens (tertiary/aromatic N) is 2. The number of nitrogens with two attached hydrogens (primary N) is 1. The number of rotatable bonds is 5. The van der Waals surface area contributed by atoms with E-state index in [4.69, 9.17) is 15.2 Å². The highest BCUT2D eigenvalue weighted by molar-refractivity contribution is 9.10. The maximum atomic E-state index is 10.2. The molecule has 1 fully saturated rings. The van der Waals surface area contributed by atoms with Gasteiger partial charge in [-0.1, -0.05) is 35.0 Å². The molecule has 0 spiro atoms. The summed E-state index contributed by atoms with van der Waals surface area (Å²) in [7, 11) is 0. The van der Waals surface area contributed by atoms with E-state index in [1.54, 1.807) is 0 Å². The molecule has 1 aromatic carbocycles. The van der Waals surface area contributed by atoms with Gasteiger partial charge >= 0.3 is 5.91 Å². The van der Waals surface area contributed by atoms with Gasteiger partial charge in [0.2, 0.25) is 0 Å². The summed E-state index contributed by atoms with van der Waals surface area (Å²) >= 11 is 3.42. The lowest BCUT2D eigenvalue weighted by molar-refractivity contribution is -0.694. The predicted molar refractivity (Wildman–Crippen MR) is 93.7 cm³/mol. The lowest BCUT2D eigenvalue weighted by Crippen LogP contribution is -2.91. The Morgan fingerprint density at radius 2 is 1.68 bits per heavy atom. The van der Waals surface area contributed by atoms with Gasteiger partial charge in [-0.15, -0.1) is 0 Å². The minimum atomic E-state index is -1.47. The quantitative estimate of drug-likeness (QED) is 0.710. The number of ether oxygens (including phenoxy) is 2. The molecule has 0 amide bonds. The lowest BCUT2D eigenvalue weighted by Gasteiger charge is -2.32. The van der Waals surface area contributed by atoms with Gasteiger partial charge in [0, 0.05) is 4.47 Å². The molecule has 1 aliphatic heterocycles. The molecule has 25 heavy (non-hydrogen) atoms. The zero-order valence-electron chi connectivity index (χ0n) is 14.4. The minimum absolute atomic E-state index is 0.212. The topological polar surface area (TPSA) is 106 Å². The molecule has 1 aromatic rings. The molecule has 0 unspecified atom stereocenters. The molecule has 1 aliphatic carbocycles. The molecule has 1 heterocycles. The number of hydrogen-bond acceptors (Lipinski definition) is 5. The molecule has 7 heteroatoms. The fraction of sp³-hybridized carbons (Fsp3) is 0.500. The van der Waals surface area contributed by atoms with Crippen LogP contribution in [0.3, 0.4) is 0 Å². The Morgan fingerprint density at radius 1 is 1.12 bits per heavy atom. The summed E-state index contributed by atoms with van der Waals surface area (Å²) < 4.78 is 12.7. The molecular formula is C18H20BrN4O2+. The van der Waals surface area contributed by atoms with Crippen LogP contribution in [-0.2, 0) is 14.9 Å². The van der Waals surface area contributed by atoms with Gasteiger partial charge in [0.1, 0.15) is 0 Å². The summed E-state index contributed by atoms with van der Waals surface area (Å²) in [5, 5.41) is 20.3. The maximum absolute atomic E-state index is 10.2. The van der Waals surface area contributed by atoms with Crippen LogP contribution >= 0.6 is 15.9 Å². The lowest BCUT2D eigenvalue weighted by atomic mass is 9.84. The Bertz CT molecular complexity index is 819. The number of nitriles is 2. The van der Waals surface area contributed by atoms with Crippen LogP contribution in [0.1, 0.15) is 26.3 Å². The molecule has 3 rings (SSSR count). The Hall–Kier alpha value is -1.93. The number of hydrogen-bond donors (Lipinski definition) is 2. The number of benzene rings is 1. The predicted octanol–water partition coefficient (Wildman–Crippen LogP) is 0.919. The first-order valence-electron chi connectivity index (χ1n) is 8.15. The Labute approximate surface area is 155 Å². The highest BCUT2D eigenvalue weighted by Gasteiger charge is 3.03. The minimum Gasteiger partial charge on any atom is -0.314 e. The van der Waals surface area contributed by atoms with Crippen molar-refractivity contribution in [2.45, 2.75) is 32.1 Å². The van der Waals surface area contributed by atoms with Crippen LogP contribution in [0.25, 0.3) is 0 Å². The summed E-state index contributed by atoms with van der Waals surface area (Å²) in [5.74, 6) is -1.25. The van der Waals surface area contributed by atoms with Gasteiger partial charge in [-0.05, 0) is 31.5 Å². The van der Waals surface area contributed by atoms with E-state index < -0.39 is 22.2 Å². The van der Waals surface area contributed by atoms with Crippen LogP contribution in [0.5, 0.6) is 0 Å². The van der Waals surface area contributed by atoms with E-state index in [2.05, 4.69) is 33.1 Å². The third kappa shape index (κ3) is 1.67. The van der Waals surface area contributed by atoms with Crippen LogP contribution in [0, 0.1) is 33.5 Å². The Kier molecular flexibility index (Phi) is 3.96. The van der Waals surface area contributed by atoms with E-state index in [-0.39, 0.29) is 5.84 Å². The largest absolute Gasteiger partial charge is 0.343 e. The summed E-state index contributed by atoms with van der Waals surface area (Å²) in [4.78, 5) is 2.98. The van der Waals surface area contributed by atoms with Gasteiger partial charge in [0.25, 0.3) is 5.84 Å². The second-order valence-electron chi connectivity index (χ2n) is 6.38. The molecule has 3 atom stereocenters. The zero-order valence-corrected chi connectivity index (χ0v) is 16.0. The average Bonchev–Trinajstić information content (AvgIpc) is 3.01. The van der Waals surface area contributed by atoms with E-state index in [0.717, 1.165) is 10.0 Å². The summed E-state index contributed by atoms with van der Waals surface area (Å²) in [5.41, 5.74) is 3.69. The maximum Gasteiger partial charge on any atom is 0.343 e. The number of nitrogens with one attached hydrogen (secondary N) is 1. The van der Waals surface area contributed by atoms with Gasteiger partial charge in [-0.2, -0.15) is 10.5 Å². The summed E-state index contributed by atoms with van der Waals surface area (Å²) in [6.45, 7) is 6.12. The van der Waals surface area contributed by atoms with Gasteiger partial charge < -0.3 is 9.47 Å². The third-order valence-electron chi connectivity index (χ3n) is 5.65. The van der Waals surface area contributed by atoms with Crippen molar-refractivity contribution in [1.29, 1.82) is 10.5 Å². The molecule has 3 N–H and O–H groups in total. The van der Waals surface area contributed by atoms with E-state index >= 15 is 0 Å². The van der Waals surface area contributed by atoms with E-state index in [1.165, 1.54) is 0 Å². The second-order valence-corrected chi connectivity index (χ2v) is 7.29. The van der Waals surface area contributed by atoms with E-state index in [1.807, 2.05) is 45.0 Å². The van der Waals surface area contributed by atoms with Crippen molar-refractivity contribution in [3.05, 3.63) is 34.3 Å². The van der Waals surface area contributed by atoms with Gasteiger partial charge in [0.05, 0.1) is 30.8 Å². The third-order valence-corrected chi connectivity index (χ3v) is 6.18. The van der Waals surface area contributed by atoms with Crippen molar-refractivity contribution in [1.82, 2.24) is 0 Å². The Morgan fingerprint density at radius 3 is 2.12 bits per heavy atom. The van der Waals surface area contributed by atoms with Crippen molar-refractivity contribution in [3.63, 3.8) is 0 Å². The molecule has 0 bridgehead atoms. The Balaban J connectivity index is 2.30. The van der Waals surface area contributed by atoms with E-state index in [9.17, 15) is 10.5 Å². The van der Waals surface area contributed by atoms with Gasteiger partial charge in [0.15, 0.2) is 10.8 Å². The standard InChI is InChI=1S/C18H19BrN4O2/c1-4-24-18(25-5-2)17(11-21)15(3,12-6-8-13(19)9-7-12)16(17,10-20)14(22)23-18/h6-9H,4-5H2,1-3H3,(H2,22,23)/p+1/t15-,16-,17+/m0/s1. The van der Waals surface area contributed by atoms with Crippen LogP contribution < -0.4 is 10.7 Å². The van der Waals surface area contributed by atoms with Gasteiger partial charge in [-0.25, -0.2) is 4.99 Å². The van der Waals surface area contributed by atoms with Crippen molar-refractivity contribution in [2.75, 3.05) is 13.2 Å². The fourth-order valence-electron chi connectivity index (χ4n) is 4.61. The van der Waals surface area contributed by atoms with Crippen molar-refractivity contribution >= 4 is 21.8 Å². The average molecular weight is 404 g/mol. The molecule has 130 valence electrons. The number of halogens is 1. The van der Waals surface area contributed by atoms with Crippen LogP contribution in [0.2, 0.25) is 0 Å². The normalized spacial score (nSPS) is 34.6. The molecule has 0 aromatic heterocycles. The summed E-state index contributed by atoms with van der Waals surface area (Å²) in [6.07, 6.45) is 0. The highest BCUT2D eigenvalue weighted by Crippen LogP contribution is 2.82. The highest BCUT2D eigenvalue weighted by atomic mass is 79.9. The monoisotopic (exact) mass is 403 g/mol. The number of amidine groups is 1. The zero-order chi connectivity index (χ0) is 18.5. The smallest absolute Gasteiger partial charge is 0.314 e. The molecule has 0 saturated heterocycles. The molecule has 1 saturated carbocycles. The van der Waals surface area contributed by atoms with Gasteiger partial charge in [-0.3, -0.25) is 5.73 Å².